The average Bonchev–Trinajstić information content (AvgIpc) is 3.01. The first-order valence-electron chi connectivity index (χ1n) is 16.4. The van der Waals surface area contributed by atoms with Crippen molar-refractivity contribution in [3.8, 4) is 0 Å². The molecule has 1 unspecified atom stereocenters. The fourth-order valence-electron chi connectivity index (χ4n) is 5.84. The van der Waals surface area contributed by atoms with Gasteiger partial charge in [0.1, 0.15) is 12.2 Å². The maximum atomic E-state index is 13.7. The third kappa shape index (κ3) is 9.55. The zero-order valence-corrected chi connectivity index (χ0v) is 28.6. The summed E-state index contributed by atoms with van der Waals surface area (Å²) in [6.07, 6.45) is 0.600. The van der Waals surface area contributed by atoms with Crippen molar-refractivity contribution in [2.24, 2.45) is 5.92 Å². The highest BCUT2D eigenvalue weighted by Gasteiger charge is 2.46. The SMILES string of the molecule is C[C@@H](C(O)C(=O)C[C@@H]1OCCC[C@H]1OCc1ccccc1)[C@@H](OCc1ccccc1)[C@H]1OCCC[C@@H]1O[Si](C)(C)C(C)(C)C. The van der Waals surface area contributed by atoms with E-state index in [0.717, 1.165) is 36.8 Å². The molecular formula is C36H54O7Si. The highest BCUT2D eigenvalue weighted by molar-refractivity contribution is 6.74. The number of aliphatic hydroxyl groups is 1. The quantitative estimate of drug-likeness (QED) is 0.229. The summed E-state index contributed by atoms with van der Waals surface area (Å²) < 4.78 is 32.1. The van der Waals surface area contributed by atoms with Crippen molar-refractivity contribution < 1.29 is 33.3 Å². The molecule has 2 saturated heterocycles. The highest BCUT2D eigenvalue weighted by Crippen LogP contribution is 2.40. The molecule has 0 aliphatic carbocycles. The number of hydrogen-bond donors (Lipinski definition) is 1. The number of hydrogen-bond acceptors (Lipinski definition) is 7. The highest BCUT2D eigenvalue weighted by atomic mass is 28.4. The zero-order valence-electron chi connectivity index (χ0n) is 27.6. The monoisotopic (exact) mass is 626 g/mol. The van der Waals surface area contributed by atoms with Gasteiger partial charge in [-0.1, -0.05) is 88.4 Å². The fraction of sp³-hybridized carbons (Fsp3) is 0.639. The summed E-state index contributed by atoms with van der Waals surface area (Å²) in [5, 5.41) is 11.6. The summed E-state index contributed by atoms with van der Waals surface area (Å²) >= 11 is 0. The van der Waals surface area contributed by atoms with Crippen LogP contribution >= 0.6 is 0 Å². The van der Waals surface area contributed by atoms with E-state index in [4.69, 9.17) is 23.4 Å². The maximum absolute atomic E-state index is 13.7. The Labute approximate surface area is 265 Å². The third-order valence-electron chi connectivity index (χ3n) is 9.61. The summed E-state index contributed by atoms with van der Waals surface area (Å²) in [6.45, 7) is 15.1. The molecule has 2 aliphatic heterocycles. The Hall–Kier alpha value is -1.91. The molecule has 0 radical (unpaired) electrons. The summed E-state index contributed by atoms with van der Waals surface area (Å²) in [4.78, 5) is 13.7. The Morgan fingerprint density at radius 2 is 1.48 bits per heavy atom. The Balaban J connectivity index is 1.48. The van der Waals surface area contributed by atoms with E-state index in [1.807, 2.05) is 67.6 Å². The Kier molecular flexibility index (Phi) is 12.8. The molecule has 2 fully saturated rings. The number of ether oxygens (including phenoxy) is 4. The van der Waals surface area contributed by atoms with Crippen LogP contribution in [0.2, 0.25) is 18.1 Å². The molecule has 7 nitrogen and oxygen atoms in total. The maximum Gasteiger partial charge on any atom is 0.192 e. The number of aliphatic hydroxyl groups excluding tert-OH is 1. The first kappa shape index (κ1) is 35.0. The molecule has 2 aromatic rings. The second kappa shape index (κ2) is 16.1. The number of Topliss-reactive ketones (excluding diaryl/α,β-unsaturated/α-hetero) is 1. The molecule has 44 heavy (non-hydrogen) atoms. The predicted molar refractivity (Wildman–Crippen MR) is 175 cm³/mol. The summed E-state index contributed by atoms with van der Waals surface area (Å²) in [5.41, 5.74) is 2.11. The van der Waals surface area contributed by atoms with Crippen LogP contribution < -0.4 is 0 Å². The molecule has 0 spiro atoms. The van der Waals surface area contributed by atoms with E-state index in [1.54, 1.807) is 0 Å². The van der Waals surface area contributed by atoms with Crippen LogP contribution in [0.4, 0.5) is 0 Å². The van der Waals surface area contributed by atoms with Gasteiger partial charge in [0, 0.05) is 25.6 Å². The molecule has 4 rings (SSSR count). The van der Waals surface area contributed by atoms with E-state index in [9.17, 15) is 9.90 Å². The fourth-order valence-corrected chi connectivity index (χ4v) is 7.20. The molecular weight excluding hydrogens is 572 g/mol. The number of benzene rings is 2. The van der Waals surface area contributed by atoms with Crippen LogP contribution in [0, 0.1) is 5.92 Å². The lowest BCUT2D eigenvalue weighted by atomic mass is 9.85. The average molecular weight is 627 g/mol. The van der Waals surface area contributed by atoms with Gasteiger partial charge >= 0.3 is 0 Å². The molecule has 7 atom stereocenters. The Bertz CT molecular complexity index is 1140. The van der Waals surface area contributed by atoms with Crippen molar-refractivity contribution in [1.82, 2.24) is 0 Å². The van der Waals surface area contributed by atoms with Gasteiger partial charge in [0.15, 0.2) is 14.1 Å². The van der Waals surface area contributed by atoms with E-state index >= 15 is 0 Å². The smallest absolute Gasteiger partial charge is 0.192 e. The predicted octanol–water partition coefficient (Wildman–Crippen LogP) is 6.86. The van der Waals surface area contributed by atoms with Crippen LogP contribution in [0.3, 0.4) is 0 Å². The van der Waals surface area contributed by atoms with Crippen LogP contribution in [0.25, 0.3) is 0 Å². The van der Waals surface area contributed by atoms with Crippen molar-refractivity contribution in [3.05, 3.63) is 71.8 Å². The van der Waals surface area contributed by atoms with Crippen LogP contribution in [-0.2, 0) is 41.4 Å². The molecule has 0 saturated carbocycles. The van der Waals surface area contributed by atoms with Crippen molar-refractivity contribution in [2.75, 3.05) is 13.2 Å². The van der Waals surface area contributed by atoms with E-state index in [1.165, 1.54) is 0 Å². The largest absolute Gasteiger partial charge is 0.411 e. The molecule has 244 valence electrons. The molecule has 0 amide bonds. The van der Waals surface area contributed by atoms with Gasteiger partial charge in [-0.15, -0.1) is 0 Å². The first-order chi connectivity index (χ1) is 21.0. The molecule has 0 bridgehead atoms. The second-order valence-electron chi connectivity index (χ2n) is 14.0. The molecule has 2 aliphatic rings. The second-order valence-corrected chi connectivity index (χ2v) is 18.8. The Morgan fingerprint density at radius 3 is 2.09 bits per heavy atom. The summed E-state index contributed by atoms with van der Waals surface area (Å²) in [5.74, 6) is -0.782. The molecule has 2 heterocycles. The first-order valence-corrected chi connectivity index (χ1v) is 19.3. The molecule has 8 heteroatoms. The Morgan fingerprint density at radius 1 is 0.909 bits per heavy atom. The summed E-state index contributed by atoms with van der Waals surface area (Å²) in [6, 6.07) is 20.0. The van der Waals surface area contributed by atoms with Crippen molar-refractivity contribution in [2.45, 2.75) is 128 Å². The zero-order chi connectivity index (χ0) is 31.7. The lowest BCUT2D eigenvalue weighted by molar-refractivity contribution is -0.175. The van der Waals surface area contributed by atoms with E-state index in [-0.39, 0.29) is 29.5 Å². The summed E-state index contributed by atoms with van der Waals surface area (Å²) in [7, 11) is -2.12. The van der Waals surface area contributed by atoms with E-state index in [0.29, 0.717) is 26.4 Å². The number of ketones is 1. The number of carbonyl (C=O) groups is 1. The standard InChI is InChI=1S/C36H54O7Si/c1-26(33(38)29(37)23-32-30(19-13-21-39-32)41-24-27-15-9-7-10-16-27)34(42-25-28-17-11-8-12-18-28)35-31(20-14-22-40-35)43-44(5,6)36(2,3)4/h7-12,15-18,26,30-35,38H,13-14,19-25H2,1-6H3/t26-,30+,31-,32-,33?,34+,35-/m0/s1. The normalized spacial score (nSPS) is 25.2. The number of rotatable bonds is 14. The van der Waals surface area contributed by atoms with Crippen molar-refractivity contribution in [1.29, 1.82) is 0 Å². The van der Waals surface area contributed by atoms with Crippen LogP contribution in [0.1, 0.15) is 70.9 Å². The topological polar surface area (TPSA) is 83.5 Å². The van der Waals surface area contributed by atoms with Crippen molar-refractivity contribution in [3.63, 3.8) is 0 Å². The van der Waals surface area contributed by atoms with Gasteiger partial charge in [0.25, 0.3) is 0 Å². The lowest BCUT2D eigenvalue weighted by Gasteiger charge is -2.45. The van der Waals surface area contributed by atoms with Gasteiger partial charge in [-0.2, -0.15) is 0 Å². The van der Waals surface area contributed by atoms with Gasteiger partial charge < -0.3 is 28.5 Å². The van der Waals surface area contributed by atoms with Gasteiger partial charge in [-0.05, 0) is 54.9 Å². The van der Waals surface area contributed by atoms with E-state index < -0.39 is 38.7 Å². The van der Waals surface area contributed by atoms with Crippen LogP contribution in [0.15, 0.2) is 60.7 Å². The number of carbonyl (C=O) groups excluding carboxylic acids is 1. The van der Waals surface area contributed by atoms with Gasteiger partial charge in [-0.25, -0.2) is 0 Å². The van der Waals surface area contributed by atoms with Crippen LogP contribution in [0.5, 0.6) is 0 Å². The lowest BCUT2D eigenvalue weighted by Crippen LogP contribution is -2.55. The van der Waals surface area contributed by atoms with Gasteiger partial charge in [0.2, 0.25) is 0 Å². The van der Waals surface area contributed by atoms with Crippen LogP contribution in [-0.4, -0.2) is 69.0 Å². The molecule has 0 aromatic heterocycles. The van der Waals surface area contributed by atoms with Gasteiger partial charge in [0.05, 0.1) is 37.6 Å². The minimum absolute atomic E-state index is 0.0373. The minimum atomic E-state index is -2.12. The molecule has 1 N–H and O–H groups in total. The van der Waals surface area contributed by atoms with E-state index in [2.05, 4.69) is 33.9 Å². The third-order valence-corrected chi connectivity index (χ3v) is 14.1. The molecule has 2 aromatic carbocycles. The van der Waals surface area contributed by atoms with Crippen molar-refractivity contribution >= 4 is 14.1 Å². The van der Waals surface area contributed by atoms with Gasteiger partial charge in [-0.3, -0.25) is 4.79 Å². The minimum Gasteiger partial charge on any atom is -0.411 e.